The molecule has 0 aromatic carbocycles. The van der Waals surface area contributed by atoms with Crippen molar-refractivity contribution in [3.05, 3.63) is 0 Å². The molecule has 0 saturated heterocycles. The average Bonchev–Trinajstić information content (AvgIpc) is 2.46. The zero-order chi connectivity index (χ0) is 15.1. The monoisotopic (exact) mass is 284 g/mol. The van der Waals surface area contributed by atoms with Crippen molar-refractivity contribution in [2.24, 2.45) is 11.8 Å². The fraction of sp³-hybridized carbons (Fsp3) is 0.867. The SMILES string of the molecule is CCC(CC)N(C)C(=O)NCC1CCCCC1C(=O)O. The molecule has 0 radical (unpaired) electrons. The topological polar surface area (TPSA) is 69.6 Å². The summed E-state index contributed by atoms with van der Waals surface area (Å²) in [7, 11) is 1.81. The Morgan fingerprint density at radius 3 is 2.40 bits per heavy atom. The third kappa shape index (κ3) is 4.39. The zero-order valence-electron chi connectivity index (χ0n) is 12.9. The molecule has 5 heteroatoms. The predicted octanol–water partition coefficient (Wildman–Crippen LogP) is 2.71. The number of hydrogen-bond donors (Lipinski definition) is 2. The molecule has 1 aliphatic carbocycles. The van der Waals surface area contributed by atoms with Crippen LogP contribution in [0.5, 0.6) is 0 Å². The van der Waals surface area contributed by atoms with Gasteiger partial charge in [0.25, 0.3) is 0 Å². The summed E-state index contributed by atoms with van der Waals surface area (Å²) in [4.78, 5) is 25.0. The van der Waals surface area contributed by atoms with Crippen molar-refractivity contribution in [3.63, 3.8) is 0 Å². The lowest BCUT2D eigenvalue weighted by Gasteiger charge is -2.31. The van der Waals surface area contributed by atoms with E-state index in [1.54, 1.807) is 4.90 Å². The summed E-state index contributed by atoms with van der Waals surface area (Å²) in [6.07, 6.45) is 5.54. The fourth-order valence-corrected chi connectivity index (χ4v) is 3.12. The third-order valence-corrected chi connectivity index (χ3v) is 4.55. The molecule has 2 N–H and O–H groups in total. The van der Waals surface area contributed by atoms with E-state index >= 15 is 0 Å². The Bertz CT molecular complexity index is 329. The largest absolute Gasteiger partial charge is 0.481 e. The molecule has 2 amide bonds. The number of carbonyl (C=O) groups excluding carboxylic acids is 1. The van der Waals surface area contributed by atoms with E-state index in [0.29, 0.717) is 6.54 Å². The molecule has 1 rings (SSSR count). The van der Waals surface area contributed by atoms with Gasteiger partial charge in [0.05, 0.1) is 5.92 Å². The van der Waals surface area contributed by atoms with E-state index in [1.165, 1.54) is 0 Å². The number of rotatable bonds is 6. The number of aliphatic carboxylic acids is 1. The van der Waals surface area contributed by atoms with Crippen LogP contribution in [0, 0.1) is 11.8 Å². The molecule has 1 saturated carbocycles. The Labute approximate surface area is 121 Å². The second-order valence-electron chi connectivity index (χ2n) is 5.76. The quantitative estimate of drug-likeness (QED) is 0.788. The van der Waals surface area contributed by atoms with Gasteiger partial charge in [-0.1, -0.05) is 26.7 Å². The lowest BCUT2D eigenvalue weighted by atomic mass is 9.79. The number of carboxylic acids is 1. The highest BCUT2D eigenvalue weighted by atomic mass is 16.4. The molecular formula is C15H28N2O3. The van der Waals surface area contributed by atoms with Crippen molar-refractivity contribution in [2.45, 2.75) is 58.4 Å². The maximum absolute atomic E-state index is 12.1. The highest BCUT2D eigenvalue weighted by Gasteiger charge is 2.31. The van der Waals surface area contributed by atoms with Gasteiger partial charge in [-0.3, -0.25) is 4.79 Å². The van der Waals surface area contributed by atoms with Gasteiger partial charge in [0.1, 0.15) is 0 Å². The molecule has 0 aromatic rings. The maximum Gasteiger partial charge on any atom is 0.317 e. The fourth-order valence-electron chi connectivity index (χ4n) is 3.12. The van der Waals surface area contributed by atoms with Gasteiger partial charge in [0.2, 0.25) is 0 Å². The van der Waals surface area contributed by atoms with E-state index in [4.69, 9.17) is 0 Å². The van der Waals surface area contributed by atoms with Crippen molar-refractivity contribution in [1.29, 1.82) is 0 Å². The van der Waals surface area contributed by atoms with Crippen molar-refractivity contribution in [1.82, 2.24) is 10.2 Å². The molecule has 1 fully saturated rings. The summed E-state index contributed by atoms with van der Waals surface area (Å²) in [6.45, 7) is 4.61. The highest BCUT2D eigenvalue weighted by molar-refractivity contribution is 5.74. The predicted molar refractivity (Wildman–Crippen MR) is 78.6 cm³/mol. The van der Waals surface area contributed by atoms with Gasteiger partial charge >= 0.3 is 12.0 Å². The molecule has 2 atom stereocenters. The van der Waals surface area contributed by atoms with E-state index < -0.39 is 5.97 Å². The van der Waals surface area contributed by atoms with E-state index in [-0.39, 0.29) is 23.9 Å². The number of nitrogens with zero attached hydrogens (tertiary/aromatic N) is 1. The van der Waals surface area contributed by atoms with Crippen LogP contribution in [-0.2, 0) is 4.79 Å². The lowest BCUT2D eigenvalue weighted by molar-refractivity contribution is -0.144. The van der Waals surface area contributed by atoms with E-state index in [0.717, 1.165) is 38.5 Å². The van der Waals surface area contributed by atoms with Crippen LogP contribution in [0.2, 0.25) is 0 Å². The number of carboxylic acid groups (broad SMARTS) is 1. The first-order valence-electron chi connectivity index (χ1n) is 7.74. The number of nitrogens with one attached hydrogen (secondary N) is 1. The summed E-state index contributed by atoms with van der Waals surface area (Å²) in [5, 5.41) is 12.1. The van der Waals surface area contributed by atoms with Crippen molar-refractivity contribution < 1.29 is 14.7 Å². The molecule has 5 nitrogen and oxygen atoms in total. The standard InChI is InChI=1S/C15H28N2O3/c1-4-12(5-2)17(3)15(20)16-10-11-8-6-7-9-13(11)14(18)19/h11-13H,4-10H2,1-3H3,(H,16,20)(H,18,19). The summed E-state index contributed by atoms with van der Waals surface area (Å²) in [5.74, 6) is -0.958. The molecule has 20 heavy (non-hydrogen) atoms. The summed E-state index contributed by atoms with van der Waals surface area (Å²) >= 11 is 0. The molecular weight excluding hydrogens is 256 g/mol. The molecule has 0 bridgehead atoms. The van der Waals surface area contributed by atoms with Crippen molar-refractivity contribution in [2.75, 3.05) is 13.6 Å². The van der Waals surface area contributed by atoms with Gasteiger partial charge in [-0.15, -0.1) is 0 Å². The van der Waals surface area contributed by atoms with E-state index in [2.05, 4.69) is 19.2 Å². The maximum atomic E-state index is 12.1. The van der Waals surface area contributed by atoms with Gasteiger partial charge in [-0.25, -0.2) is 4.79 Å². The summed E-state index contributed by atoms with van der Waals surface area (Å²) in [5.41, 5.74) is 0. The van der Waals surface area contributed by atoms with Crippen molar-refractivity contribution >= 4 is 12.0 Å². The smallest absolute Gasteiger partial charge is 0.317 e. The molecule has 0 spiro atoms. The Hall–Kier alpha value is -1.26. The Balaban J connectivity index is 2.48. The minimum Gasteiger partial charge on any atom is -0.481 e. The molecule has 0 aromatic heterocycles. The van der Waals surface area contributed by atoms with Crippen LogP contribution in [0.25, 0.3) is 0 Å². The van der Waals surface area contributed by atoms with Crippen molar-refractivity contribution in [3.8, 4) is 0 Å². The van der Waals surface area contributed by atoms with Crippen LogP contribution in [0.1, 0.15) is 52.4 Å². The van der Waals surface area contributed by atoms with Crippen LogP contribution >= 0.6 is 0 Å². The van der Waals surface area contributed by atoms with Crippen LogP contribution in [0.15, 0.2) is 0 Å². The van der Waals surface area contributed by atoms with E-state index in [9.17, 15) is 14.7 Å². The van der Waals surface area contributed by atoms with Gasteiger partial charge in [-0.2, -0.15) is 0 Å². The second kappa shape index (κ2) is 8.12. The first kappa shape index (κ1) is 16.8. The number of hydrogen-bond acceptors (Lipinski definition) is 2. The minimum atomic E-state index is -0.725. The third-order valence-electron chi connectivity index (χ3n) is 4.55. The van der Waals surface area contributed by atoms with Crippen LogP contribution in [0.3, 0.4) is 0 Å². The zero-order valence-corrected chi connectivity index (χ0v) is 12.9. The average molecular weight is 284 g/mol. The van der Waals surface area contributed by atoms with Gasteiger partial charge in [0.15, 0.2) is 0 Å². The molecule has 0 aliphatic heterocycles. The minimum absolute atomic E-state index is 0.0697. The van der Waals surface area contributed by atoms with Crippen LogP contribution < -0.4 is 5.32 Å². The normalized spacial score (nSPS) is 22.6. The van der Waals surface area contributed by atoms with Crippen LogP contribution in [0.4, 0.5) is 4.79 Å². The van der Waals surface area contributed by atoms with Gasteiger partial charge < -0.3 is 15.3 Å². The van der Waals surface area contributed by atoms with Gasteiger partial charge in [0, 0.05) is 19.6 Å². The Morgan fingerprint density at radius 2 is 1.85 bits per heavy atom. The number of amides is 2. The molecule has 2 unspecified atom stereocenters. The van der Waals surface area contributed by atoms with E-state index in [1.807, 2.05) is 7.05 Å². The highest BCUT2D eigenvalue weighted by Crippen LogP contribution is 2.29. The first-order valence-corrected chi connectivity index (χ1v) is 7.74. The Kier molecular flexibility index (Phi) is 6.82. The molecule has 116 valence electrons. The lowest BCUT2D eigenvalue weighted by Crippen LogP contribution is -2.46. The Morgan fingerprint density at radius 1 is 1.25 bits per heavy atom. The first-order chi connectivity index (χ1) is 9.51. The number of urea groups is 1. The second-order valence-corrected chi connectivity index (χ2v) is 5.76. The number of carbonyl (C=O) groups is 2. The molecule has 1 aliphatic rings. The summed E-state index contributed by atoms with van der Waals surface area (Å²) < 4.78 is 0. The van der Waals surface area contributed by atoms with Crippen LogP contribution in [-0.4, -0.2) is 41.6 Å². The summed E-state index contributed by atoms with van der Waals surface area (Å²) in [6, 6.07) is 0.157. The van der Waals surface area contributed by atoms with Gasteiger partial charge in [-0.05, 0) is 31.6 Å². The molecule has 0 heterocycles.